The molecule has 1 amide bonds. The summed E-state index contributed by atoms with van der Waals surface area (Å²) in [5, 5.41) is 13.2. The molecule has 200 valence electrons. The summed E-state index contributed by atoms with van der Waals surface area (Å²) in [6.07, 6.45) is 1.71. The van der Waals surface area contributed by atoms with Gasteiger partial charge in [0.1, 0.15) is 22.0 Å². The summed E-state index contributed by atoms with van der Waals surface area (Å²) in [5.74, 6) is -0.114. The van der Waals surface area contributed by atoms with Crippen LogP contribution in [0, 0.1) is 11.3 Å². The van der Waals surface area contributed by atoms with Crippen LogP contribution in [-0.2, 0) is 4.79 Å². The van der Waals surface area contributed by atoms with Crippen molar-refractivity contribution >= 4 is 56.3 Å². The number of ether oxygens (including phenoxy) is 2. The van der Waals surface area contributed by atoms with Crippen LogP contribution in [0.4, 0.5) is 5.69 Å². The van der Waals surface area contributed by atoms with Crippen molar-refractivity contribution in [3.8, 4) is 17.6 Å². The van der Waals surface area contributed by atoms with Gasteiger partial charge in [-0.15, -0.1) is 11.3 Å². The number of methoxy groups -OCH3 is 2. The van der Waals surface area contributed by atoms with Crippen molar-refractivity contribution in [2.75, 3.05) is 19.5 Å². The summed E-state index contributed by atoms with van der Waals surface area (Å²) in [6.45, 7) is 0. The number of allylic oxidation sites excluding steroid dienone is 1. The molecule has 2 heterocycles. The molecule has 0 spiro atoms. The lowest BCUT2D eigenvalue weighted by Crippen LogP contribution is -2.40. The molecule has 1 atom stereocenters. The van der Waals surface area contributed by atoms with Crippen molar-refractivity contribution in [3.05, 3.63) is 114 Å². The Kier molecular flexibility index (Phi) is 7.60. The van der Waals surface area contributed by atoms with Gasteiger partial charge in [-0.1, -0.05) is 40.2 Å². The lowest BCUT2D eigenvalue weighted by atomic mass is 9.83. The number of hydrogen-bond donors (Lipinski definition) is 2. The molecule has 3 aromatic carbocycles. The number of carbonyl (C=O) groups excluding carboxylic acids is 1. The predicted octanol–water partition coefficient (Wildman–Crippen LogP) is 3.76. The zero-order valence-electron chi connectivity index (χ0n) is 21.5. The first-order chi connectivity index (χ1) is 19.3. The van der Waals surface area contributed by atoms with E-state index in [1.54, 1.807) is 61.7 Å². The normalized spacial score (nSPS) is 14.9. The lowest BCUT2D eigenvalue weighted by Gasteiger charge is -2.25. The Balaban J connectivity index is 1.80. The van der Waals surface area contributed by atoms with Gasteiger partial charge in [-0.25, -0.2) is 0 Å². The topological polar surface area (TPSA) is 119 Å². The fourth-order valence-corrected chi connectivity index (χ4v) is 5.98. The summed E-state index contributed by atoms with van der Waals surface area (Å²) in [7, 11) is 3.11. The van der Waals surface area contributed by atoms with Crippen LogP contribution in [-0.4, -0.2) is 24.7 Å². The number of fused-ring (bicyclic) bond motifs is 1. The number of nitrogens with two attached hydrogens (primary N) is 1. The van der Waals surface area contributed by atoms with Crippen LogP contribution in [0.3, 0.4) is 0 Å². The number of amides is 1. The van der Waals surface area contributed by atoms with Crippen LogP contribution in [0.25, 0.3) is 17.5 Å². The zero-order valence-corrected chi connectivity index (χ0v) is 23.9. The number of anilines is 1. The van der Waals surface area contributed by atoms with Crippen LogP contribution in [0.2, 0.25) is 0 Å². The van der Waals surface area contributed by atoms with E-state index in [2.05, 4.69) is 27.3 Å². The highest BCUT2D eigenvalue weighted by Gasteiger charge is 2.35. The maximum atomic E-state index is 14.0. The zero-order chi connectivity index (χ0) is 28.4. The maximum absolute atomic E-state index is 14.0. The summed E-state index contributed by atoms with van der Waals surface area (Å²) in [5.41, 5.74) is 8.32. The van der Waals surface area contributed by atoms with Crippen molar-refractivity contribution in [1.82, 2.24) is 4.57 Å². The predicted molar refractivity (Wildman–Crippen MR) is 159 cm³/mol. The molecule has 0 radical (unpaired) electrons. The molecule has 0 saturated carbocycles. The molecule has 1 aromatic heterocycles. The van der Waals surface area contributed by atoms with Gasteiger partial charge in [-0.2, -0.15) is 5.26 Å². The van der Waals surface area contributed by atoms with Crippen molar-refractivity contribution in [2.24, 2.45) is 5.73 Å². The molecule has 40 heavy (non-hydrogen) atoms. The number of halogens is 1. The molecule has 1 unspecified atom stereocenters. The number of nitriles is 1. The van der Waals surface area contributed by atoms with E-state index in [9.17, 15) is 14.9 Å². The van der Waals surface area contributed by atoms with Gasteiger partial charge < -0.3 is 20.5 Å². The molecule has 4 aromatic rings. The van der Waals surface area contributed by atoms with Gasteiger partial charge in [0, 0.05) is 10.2 Å². The fourth-order valence-electron chi connectivity index (χ4n) is 4.54. The molecule has 1 aliphatic rings. The van der Waals surface area contributed by atoms with Crippen LogP contribution in [0.15, 0.2) is 87.6 Å². The first-order valence-electron chi connectivity index (χ1n) is 12.1. The van der Waals surface area contributed by atoms with E-state index in [1.807, 2.05) is 24.3 Å². The van der Waals surface area contributed by atoms with Crippen LogP contribution in [0.5, 0.6) is 11.5 Å². The molecule has 8 nitrogen and oxygen atoms in total. The summed E-state index contributed by atoms with van der Waals surface area (Å²) >= 11 is 4.54. The summed E-state index contributed by atoms with van der Waals surface area (Å²) < 4.78 is 13.5. The summed E-state index contributed by atoms with van der Waals surface area (Å²) in [6, 6.07) is 23.7. The Labute approximate surface area is 242 Å². The lowest BCUT2D eigenvalue weighted by molar-refractivity contribution is -0.111. The van der Waals surface area contributed by atoms with Gasteiger partial charge in [-0.05, 0) is 65.7 Å². The second-order valence-corrected chi connectivity index (χ2v) is 10.8. The van der Waals surface area contributed by atoms with E-state index in [1.165, 1.54) is 11.7 Å². The van der Waals surface area contributed by atoms with Crippen LogP contribution in [0.1, 0.15) is 17.0 Å². The molecule has 10 heteroatoms. The van der Waals surface area contributed by atoms with E-state index < -0.39 is 17.4 Å². The molecule has 0 bridgehead atoms. The molecule has 3 N–H and O–H groups in total. The third-order valence-corrected chi connectivity index (χ3v) is 8.07. The molecule has 1 aliphatic heterocycles. The fraction of sp³-hybridized carbons (Fsp3) is 0.100. The number of hydrogen-bond acceptors (Lipinski definition) is 7. The number of thiazole rings is 1. The summed E-state index contributed by atoms with van der Waals surface area (Å²) in [4.78, 5) is 27.7. The minimum Gasteiger partial charge on any atom is -0.497 e. The number of carbonyl (C=O) groups is 1. The molecular weight excluding hydrogens is 592 g/mol. The number of rotatable bonds is 6. The van der Waals surface area contributed by atoms with Crippen molar-refractivity contribution in [1.29, 1.82) is 5.26 Å². The molecule has 0 aliphatic carbocycles. The molecule has 0 saturated heterocycles. The third kappa shape index (κ3) is 5.04. The number of aromatic nitrogens is 1. The quantitative estimate of drug-likeness (QED) is 0.341. The first kappa shape index (κ1) is 27.0. The van der Waals surface area contributed by atoms with E-state index >= 15 is 0 Å². The van der Waals surface area contributed by atoms with Crippen molar-refractivity contribution in [2.45, 2.75) is 5.92 Å². The van der Waals surface area contributed by atoms with Gasteiger partial charge in [0.05, 0.1) is 41.9 Å². The SMILES string of the molecule is COc1cccc(/C=c2\sc3n(c2=O)C(N)=C(C#N)C(c2cccc(OC)c2)C=3C(=O)Nc2ccc(Br)cc2)c1. The Morgan fingerprint density at radius 3 is 2.42 bits per heavy atom. The van der Waals surface area contributed by atoms with Gasteiger partial charge in [0.25, 0.3) is 11.5 Å². The largest absolute Gasteiger partial charge is 0.497 e. The van der Waals surface area contributed by atoms with Crippen molar-refractivity contribution in [3.63, 3.8) is 0 Å². The van der Waals surface area contributed by atoms with Gasteiger partial charge >= 0.3 is 0 Å². The van der Waals surface area contributed by atoms with Crippen molar-refractivity contribution < 1.29 is 14.3 Å². The number of nitrogens with one attached hydrogen (secondary N) is 1. The van der Waals surface area contributed by atoms with Crippen LogP contribution >= 0.6 is 27.3 Å². The number of nitrogens with zero attached hydrogens (tertiary/aromatic N) is 2. The monoisotopic (exact) mass is 614 g/mol. The molecule has 5 rings (SSSR count). The van der Waals surface area contributed by atoms with Gasteiger partial charge in [0.2, 0.25) is 0 Å². The van der Waals surface area contributed by atoms with Gasteiger partial charge in [-0.3, -0.25) is 14.2 Å². The highest BCUT2D eigenvalue weighted by Crippen LogP contribution is 2.37. The van der Waals surface area contributed by atoms with E-state index in [4.69, 9.17) is 15.2 Å². The second kappa shape index (κ2) is 11.3. The smallest absolute Gasteiger partial charge is 0.274 e. The average Bonchev–Trinajstić information content (AvgIpc) is 3.29. The maximum Gasteiger partial charge on any atom is 0.274 e. The van der Waals surface area contributed by atoms with E-state index in [0.29, 0.717) is 31.9 Å². The molecule has 0 fully saturated rings. The Morgan fingerprint density at radius 2 is 1.75 bits per heavy atom. The second-order valence-electron chi connectivity index (χ2n) is 8.83. The van der Waals surface area contributed by atoms with E-state index in [0.717, 1.165) is 21.4 Å². The van der Waals surface area contributed by atoms with E-state index in [-0.39, 0.29) is 17.0 Å². The Hall–Kier alpha value is -4.59. The molecular formula is C30H23BrN4O4S. The van der Waals surface area contributed by atoms with Gasteiger partial charge in [0.15, 0.2) is 0 Å². The highest BCUT2D eigenvalue weighted by molar-refractivity contribution is 9.10. The average molecular weight is 616 g/mol. The Bertz CT molecular complexity index is 1880. The standard InChI is InChI=1S/C30H23BrN4O4S/c1-38-21-7-3-5-17(13-21)14-24-29(37)35-27(33)23(16-32)25(18-6-4-8-22(15-18)39-2)26(30(35)40-24)28(36)34-20-11-9-19(31)10-12-20/h3-15,25H,33H2,1-2H3,(H,34,36)/b24-14-. The van der Waals surface area contributed by atoms with Crippen LogP contribution < -0.4 is 35.3 Å². The first-order valence-corrected chi connectivity index (χ1v) is 13.7. The third-order valence-electron chi connectivity index (χ3n) is 6.43. The minimum atomic E-state index is -0.835. The number of benzene rings is 3. The minimum absolute atomic E-state index is 0.0166. The Morgan fingerprint density at radius 1 is 1.07 bits per heavy atom. The highest BCUT2D eigenvalue weighted by atomic mass is 79.9.